The van der Waals surface area contributed by atoms with Gasteiger partial charge in [-0.25, -0.2) is 29.9 Å². The fourth-order valence-corrected chi connectivity index (χ4v) is 2.95. The van der Waals surface area contributed by atoms with Crippen LogP contribution in [0.5, 0.6) is 0 Å². The minimum Gasteiger partial charge on any atom is -0.241 e. The molecule has 0 aliphatic rings. The SMILES string of the molecule is C.C.C.C.CC(C)c1cc(C(C)C)ncn1.CC(C)c1ccnc(C(C)C)n1.CC(C)c1cnc(C(C)C)nc1. The maximum Gasteiger partial charge on any atom is 0.131 e. The first kappa shape index (κ1) is 44.3. The molecule has 6 nitrogen and oxygen atoms in total. The Morgan fingerprint density at radius 2 is 0.875 bits per heavy atom. The second kappa shape index (κ2) is 22.0. The van der Waals surface area contributed by atoms with Crippen molar-refractivity contribution in [2.45, 2.75) is 148 Å². The molecule has 0 saturated carbocycles. The third-order valence-electron chi connectivity index (χ3n) is 5.57. The monoisotopic (exact) mass is 557 g/mol. The smallest absolute Gasteiger partial charge is 0.131 e. The van der Waals surface area contributed by atoms with Crippen LogP contribution in [0.2, 0.25) is 0 Å². The molecule has 0 amide bonds. The van der Waals surface area contributed by atoms with Crippen molar-refractivity contribution in [1.29, 1.82) is 0 Å². The molecule has 3 aromatic rings. The summed E-state index contributed by atoms with van der Waals surface area (Å²) in [6.07, 6.45) is 7.35. The molecule has 0 radical (unpaired) electrons. The third-order valence-corrected chi connectivity index (χ3v) is 5.57. The Morgan fingerprint density at radius 1 is 0.450 bits per heavy atom. The summed E-state index contributed by atoms with van der Waals surface area (Å²) >= 11 is 0. The first-order valence-electron chi connectivity index (χ1n) is 13.3. The molecule has 3 heterocycles. The predicted octanol–water partition coefficient (Wildman–Crippen LogP) is 10.7. The van der Waals surface area contributed by atoms with Crippen molar-refractivity contribution in [1.82, 2.24) is 29.9 Å². The number of nitrogens with zero attached hydrogens (tertiary/aromatic N) is 6. The Morgan fingerprint density at radius 3 is 1.23 bits per heavy atom. The lowest BCUT2D eigenvalue weighted by molar-refractivity contribution is 0.729. The highest BCUT2D eigenvalue weighted by Gasteiger charge is 2.06. The van der Waals surface area contributed by atoms with Crippen LogP contribution in [-0.2, 0) is 0 Å². The van der Waals surface area contributed by atoms with E-state index in [4.69, 9.17) is 0 Å². The van der Waals surface area contributed by atoms with Crippen LogP contribution in [0.25, 0.3) is 0 Å². The van der Waals surface area contributed by atoms with Crippen molar-refractivity contribution >= 4 is 0 Å². The van der Waals surface area contributed by atoms with E-state index in [1.807, 2.05) is 24.7 Å². The van der Waals surface area contributed by atoms with Gasteiger partial charge in [0.05, 0.1) is 0 Å². The maximum atomic E-state index is 4.46. The lowest BCUT2D eigenvalue weighted by Crippen LogP contribution is -2.01. The van der Waals surface area contributed by atoms with Crippen LogP contribution in [0, 0.1) is 0 Å². The van der Waals surface area contributed by atoms with Gasteiger partial charge in [-0.1, -0.05) is 113 Å². The zero-order valence-corrected chi connectivity index (χ0v) is 24.6. The van der Waals surface area contributed by atoms with E-state index in [9.17, 15) is 0 Å². The van der Waals surface area contributed by atoms with Crippen LogP contribution in [0.4, 0.5) is 0 Å². The Hall–Kier alpha value is -2.76. The summed E-state index contributed by atoms with van der Waals surface area (Å²) in [6, 6.07) is 4.08. The molecule has 0 atom stereocenters. The molecular formula is C34H64N6. The summed E-state index contributed by atoms with van der Waals surface area (Å²) < 4.78 is 0. The van der Waals surface area contributed by atoms with E-state index in [1.165, 1.54) is 5.56 Å². The summed E-state index contributed by atoms with van der Waals surface area (Å²) in [5, 5.41) is 0. The average Bonchev–Trinajstić information content (AvgIpc) is 2.85. The molecule has 0 aromatic carbocycles. The van der Waals surface area contributed by atoms with Crippen molar-refractivity contribution in [3.8, 4) is 0 Å². The molecule has 0 N–H and O–H groups in total. The number of hydrogen-bond donors (Lipinski definition) is 0. The Bertz CT molecular complexity index is 880. The second-order valence-electron chi connectivity index (χ2n) is 11.0. The Balaban J connectivity index is -0.000000231. The van der Waals surface area contributed by atoms with Crippen molar-refractivity contribution < 1.29 is 0 Å². The average molecular weight is 557 g/mol. The van der Waals surface area contributed by atoms with Crippen molar-refractivity contribution in [2.24, 2.45) is 0 Å². The lowest BCUT2D eigenvalue weighted by atomic mass is 10.1. The van der Waals surface area contributed by atoms with Crippen LogP contribution < -0.4 is 0 Å². The maximum absolute atomic E-state index is 4.46. The van der Waals surface area contributed by atoms with Gasteiger partial charge in [-0.05, 0) is 41.4 Å². The normalized spacial score (nSPS) is 10.1. The third kappa shape index (κ3) is 15.7. The van der Waals surface area contributed by atoms with E-state index >= 15 is 0 Å². The standard InChI is InChI=1S/3C10H16N2.4CH4/c1-7(2)9-5-10(8(3)4)12-6-11-9;1-7(2)9-5-11-10(8(3)4)12-6-9;1-7(2)9-5-6-11-10(12-9)8(3)4;;;;/h3*5-8H,1-4H3;4*1H4. The molecule has 0 saturated heterocycles. The molecular weight excluding hydrogens is 492 g/mol. The van der Waals surface area contributed by atoms with E-state index in [-0.39, 0.29) is 29.7 Å². The molecule has 40 heavy (non-hydrogen) atoms. The van der Waals surface area contributed by atoms with Crippen LogP contribution >= 0.6 is 0 Å². The summed E-state index contributed by atoms with van der Waals surface area (Å²) in [5.41, 5.74) is 4.61. The zero-order chi connectivity index (χ0) is 27.4. The lowest BCUT2D eigenvalue weighted by Gasteiger charge is -2.07. The summed E-state index contributed by atoms with van der Waals surface area (Å²) in [7, 11) is 0. The highest BCUT2D eigenvalue weighted by Crippen LogP contribution is 2.17. The summed E-state index contributed by atoms with van der Waals surface area (Å²) in [5.74, 6) is 4.71. The number of aromatic nitrogens is 6. The van der Waals surface area contributed by atoms with Gasteiger partial charge in [-0.15, -0.1) is 0 Å². The van der Waals surface area contributed by atoms with Crippen LogP contribution in [0.3, 0.4) is 0 Å². The predicted molar refractivity (Wildman–Crippen MR) is 178 cm³/mol. The largest absolute Gasteiger partial charge is 0.241 e. The van der Waals surface area contributed by atoms with Gasteiger partial charge >= 0.3 is 0 Å². The molecule has 0 aliphatic carbocycles. The summed E-state index contributed by atoms with van der Waals surface area (Å²) in [4.78, 5) is 25.7. The van der Waals surface area contributed by atoms with Gasteiger partial charge in [0, 0.05) is 47.5 Å². The van der Waals surface area contributed by atoms with Crippen LogP contribution in [0.15, 0.2) is 37.1 Å². The number of hydrogen-bond acceptors (Lipinski definition) is 6. The molecule has 0 bridgehead atoms. The molecule has 3 aromatic heterocycles. The van der Waals surface area contributed by atoms with Crippen LogP contribution in [0.1, 0.15) is 183 Å². The van der Waals surface area contributed by atoms with E-state index in [0.717, 1.165) is 28.7 Å². The van der Waals surface area contributed by atoms with Crippen molar-refractivity contribution in [3.63, 3.8) is 0 Å². The molecule has 230 valence electrons. The van der Waals surface area contributed by atoms with Gasteiger partial charge in [0.15, 0.2) is 0 Å². The fraction of sp³-hybridized carbons (Fsp3) is 0.647. The van der Waals surface area contributed by atoms with Crippen molar-refractivity contribution in [2.75, 3.05) is 0 Å². The summed E-state index contributed by atoms with van der Waals surface area (Å²) in [6.45, 7) is 25.6. The minimum atomic E-state index is 0. The molecule has 0 unspecified atom stereocenters. The molecule has 3 rings (SSSR count). The van der Waals surface area contributed by atoms with E-state index in [0.29, 0.717) is 35.5 Å². The van der Waals surface area contributed by atoms with Gasteiger partial charge < -0.3 is 0 Å². The van der Waals surface area contributed by atoms with E-state index in [2.05, 4.69) is 119 Å². The fourth-order valence-electron chi connectivity index (χ4n) is 2.95. The first-order chi connectivity index (χ1) is 16.8. The molecule has 0 fully saturated rings. The minimum absolute atomic E-state index is 0. The quantitative estimate of drug-likeness (QED) is 0.300. The molecule has 0 aliphatic heterocycles. The van der Waals surface area contributed by atoms with E-state index in [1.54, 1.807) is 6.33 Å². The van der Waals surface area contributed by atoms with Gasteiger partial charge in [-0.2, -0.15) is 0 Å². The van der Waals surface area contributed by atoms with Gasteiger partial charge in [0.2, 0.25) is 0 Å². The van der Waals surface area contributed by atoms with Gasteiger partial charge in [-0.3, -0.25) is 0 Å². The highest BCUT2D eigenvalue weighted by atomic mass is 14.9. The Kier molecular flexibility index (Phi) is 24.3. The molecule has 0 spiro atoms. The topological polar surface area (TPSA) is 77.3 Å². The first-order valence-corrected chi connectivity index (χ1v) is 13.3. The Labute approximate surface area is 249 Å². The van der Waals surface area contributed by atoms with E-state index < -0.39 is 0 Å². The van der Waals surface area contributed by atoms with Gasteiger partial charge in [0.25, 0.3) is 0 Å². The highest BCUT2D eigenvalue weighted by molar-refractivity contribution is 5.14. The second-order valence-corrected chi connectivity index (χ2v) is 11.0. The van der Waals surface area contributed by atoms with Crippen molar-refractivity contribution in [3.05, 3.63) is 71.3 Å². The van der Waals surface area contributed by atoms with Gasteiger partial charge in [0.1, 0.15) is 18.0 Å². The van der Waals surface area contributed by atoms with Crippen LogP contribution in [-0.4, -0.2) is 29.9 Å². The molecule has 6 heteroatoms. The zero-order valence-electron chi connectivity index (χ0n) is 24.6. The number of rotatable bonds is 6.